The monoisotopic (exact) mass is 397 g/mol. The maximum Gasteiger partial charge on any atom is 0.273 e. The third kappa shape index (κ3) is 3.25. The predicted octanol–water partition coefficient (Wildman–Crippen LogP) is 4.02. The van der Waals surface area contributed by atoms with Gasteiger partial charge in [0.15, 0.2) is 0 Å². The van der Waals surface area contributed by atoms with Gasteiger partial charge < -0.3 is 14.7 Å². The second kappa shape index (κ2) is 7.66. The molecule has 1 aliphatic rings. The number of phenols is 1. The van der Waals surface area contributed by atoms with E-state index >= 15 is 0 Å². The number of carbonyl (C=O) groups excluding carboxylic acids is 1. The fraction of sp³-hybridized carbons (Fsp3) is 0.238. The van der Waals surface area contributed by atoms with Crippen molar-refractivity contribution in [1.29, 1.82) is 0 Å². The fourth-order valence-electron chi connectivity index (χ4n) is 3.68. The lowest BCUT2D eigenvalue weighted by Crippen LogP contribution is -2.31. The molecule has 2 heterocycles. The minimum atomic E-state index is -0.337. The smallest absolute Gasteiger partial charge is 0.273 e. The molecule has 1 aromatic heterocycles. The molecule has 1 unspecified atom stereocenters. The Balaban J connectivity index is 1.82. The van der Waals surface area contributed by atoms with Crippen molar-refractivity contribution in [3.63, 3.8) is 0 Å². The highest BCUT2D eigenvalue weighted by Crippen LogP contribution is 2.43. The highest BCUT2D eigenvalue weighted by molar-refractivity contribution is 6.30. The molecule has 2 aromatic carbocycles. The molecule has 2 N–H and O–H groups in total. The number of fused-ring (bicyclic) bond motifs is 1. The molecule has 1 atom stereocenters. The Bertz CT molecular complexity index is 1000. The Morgan fingerprint density at radius 2 is 2.04 bits per heavy atom. The van der Waals surface area contributed by atoms with E-state index in [1.165, 1.54) is 0 Å². The van der Waals surface area contributed by atoms with Crippen LogP contribution in [0, 0.1) is 0 Å². The summed E-state index contributed by atoms with van der Waals surface area (Å²) in [5, 5.41) is 18.0. The number of rotatable bonds is 6. The number of aromatic hydroxyl groups is 1. The molecular weight excluding hydrogens is 378 g/mol. The van der Waals surface area contributed by atoms with Gasteiger partial charge in [0.05, 0.1) is 11.7 Å². The van der Waals surface area contributed by atoms with Crippen LogP contribution in [0.2, 0.25) is 5.02 Å². The second-order valence-corrected chi connectivity index (χ2v) is 7.15. The van der Waals surface area contributed by atoms with Crippen molar-refractivity contribution in [3.8, 4) is 17.0 Å². The Morgan fingerprint density at radius 3 is 2.75 bits per heavy atom. The highest BCUT2D eigenvalue weighted by Gasteiger charge is 2.41. The summed E-state index contributed by atoms with van der Waals surface area (Å²) in [6.07, 6.45) is 0.714. The summed E-state index contributed by atoms with van der Waals surface area (Å²) in [7, 11) is 1.64. The van der Waals surface area contributed by atoms with Gasteiger partial charge in [-0.1, -0.05) is 35.9 Å². The van der Waals surface area contributed by atoms with Crippen molar-refractivity contribution in [1.82, 2.24) is 15.1 Å². The molecule has 4 rings (SSSR count). The van der Waals surface area contributed by atoms with Crippen molar-refractivity contribution in [2.45, 2.75) is 12.5 Å². The maximum absolute atomic E-state index is 13.1. The van der Waals surface area contributed by atoms with Gasteiger partial charge in [-0.2, -0.15) is 5.10 Å². The summed E-state index contributed by atoms with van der Waals surface area (Å²) in [6.45, 7) is 1.10. The number of H-pyrrole nitrogens is 1. The summed E-state index contributed by atoms with van der Waals surface area (Å²) in [6, 6.07) is 14.0. The number of halogens is 1. The molecule has 0 radical (unpaired) electrons. The number of ether oxygens (including phenoxy) is 1. The number of phenolic OH excluding ortho intramolecular Hbond substituents is 1. The van der Waals surface area contributed by atoms with Crippen molar-refractivity contribution >= 4 is 17.5 Å². The SMILES string of the molecule is COCCCN1C(=O)c2[nH]nc(-c3ccc(Cl)cc3)c2C1c1cccc(O)c1. The number of nitrogens with zero attached hydrogens (tertiary/aromatic N) is 2. The number of nitrogens with one attached hydrogen (secondary N) is 1. The molecule has 3 aromatic rings. The number of hydrogen-bond acceptors (Lipinski definition) is 4. The molecule has 0 saturated carbocycles. The summed E-state index contributed by atoms with van der Waals surface area (Å²) >= 11 is 6.02. The van der Waals surface area contributed by atoms with Crippen molar-refractivity contribution in [2.75, 3.05) is 20.3 Å². The zero-order valence-corrected chi connectivity index (χ0v) is 16.1. The molecule has 0 spiro atoms. The fourth-order valence-corrected chi connectivity index (χ4v) is 3.80. The Hall–Kier alpha value is -2.83. The zero-order valence-electron chi connectivity index (χ0n) is 15.4. The van der Waals surface area contributed by atoms with E-state index in [0.717, 1.165) is 16.7 Å². The Morgan fingerprint density at radius 1 is 1.25 bits per heavy atom. The van der Waals surface area contributed by atoms with Crippen LogP contribution in [0.25, 0.3) is 11.3 Å². The Kier molecular flexibility index (Phi) is 5.07. The van der Waals surface area contributed by atoms with Gasteiger partial charge in [-0.15, -0.1) is 0 Å². The van der Waals surface area contributed by atoms with Crippen LogP contribution in [0.4, 0.5) is 0 Å². The minimum absolute atomic E-state index is 0.104. The molecule has 0 aliphatic carbocycles. The van der Waals surface area contributed by atoms with Gasteiger partial charge in [0.1, 0.15) is 11.4 Å². The second-order valence-electron chi connectivity index (χ2n) is 6.71. The summed E-state index contributed by atoms with van der Waals surface area (Å²) in [5.74, 6) is 0.0546. The van der Waals surface area contributed by atoms with Crippen molar-refractivity contribution < 1.29 is 14.6 Å². The minimum Gasteiger partial charge on any atom is -0.508 e. The van der Waals surface area contributed by atoms with Gasteiger partial charge in [0, 0.05) is 36.4 Å². The lowest BCUT2D eigenvalue weighted by atomic mass is 9.96. The van der Waals surface area contributed by atoms with Crippen LogP contribution in [-0.4, -0.2) is 46.4 Å². The van der Waals surface area contributed by atoms with Crippen LogP contribution < -0.4 is 0 Å². The highest BCUT2D eigenvalue weighted by atomic mass is 35.5. The van der Waals surface area contributed by atoms with Crippen LogP contribution in [0.3, 0.4) is 0 Å². The third-order valence-electron chi connectivity index (χ3n) is 4.91. The number of aromatic amines is 1. The van der Waals surface area contributed by atoms with Gasteiger partial charge in [0.2, 0.25) is 0 Å². The standard InChI is InChI=1S/C21H20ClN3O3/c1-28-11-3-10-25-20(14-4-2-5-16(26)12-14)17-18(23-24-19(17)21(25)27)13-6-8-15(22)9-7-13/h2,4-9,12,20,26H,3,10-11H2,1H3,(H,23,24). The first-order chi connectivity index (χ1) is 13.6. The molecule has 28 heavy (non-hydrogen) atoms. The first-order valence-electron chi connectivity index (χ1n) is 9.03. The molecule has 144 valence electrons. The molecule has 1 amide bonds. The first-order valence-corrected chi connectivity index (χ1v) is 9.41. The number of amides is 1. The number of methoxy groups -OCH3 is 1. The van der Waals surface area contributed by atoms with Crippen LogP contribution in [-0.2, 0) is 4.74 Å². The van der Waals surface area contributed by atoms with E-state index in [9.17, 15) is 9.90 Å². The van der Waals surface area contributed by atoms with Gasteiger partial charge in [-0.05, 0) is 36.2 Å². The number of benzene rings is 2. The number of carbonyl (C=O) groups is 1. The molecule has 7 heteroatoms. The molecule has 0 bridgehead atoms. The Labute approximate surface area is 167 Å². The summed E-state index contributed by atoms with van der Waals surface area (Å²) in [4.78, 5) is 14.9. The molecular formula is C21H20ClN3O3. The normalized spacial score (nSPS) is 15.9. The van der Waals surface area contributed by atoms with Gasteiger partial charge >= 0.3 is 0 Å². The van der Waals surface area contributed by atoms with Gasteiger partial charge in [-0.25, -0.2) is 0 Å². The van der Waals surface area contributed by atoms with Crippen LogP contribution in [0.15, 0.2) is 48.5 Å². The van der Waals surface area contributed by atoms with E-state index in [0.29, 0.717) is 36.0 Å². The van der Waals surface area contributed by atoms with E-state index in [-0.39, 0.29) is 17.7 Å². The van der Waals surface area contributed by atoms with E-state index < -0.39 is 0 Å². The van der Waals surface area contributed by atoms with Gasteiger partial charge in [-0.3, -0.25) is 9.89 Å². The van der Waals surface area contributed by atoms with E-state index in [1.807, 2.05) is 18.2 Å². The molecule has 1 aliphatic heterocycles. The average Bonchev–Trinajstić information content (AvgIpc) is 3.22. The molecule has 0 fully saturated rings. The average molecular weight is 398 g/mol. The summed E-state index contributed by atoms with van der Waals surface area (Å²) < 4.78 is 5.15. The lowest BCUT2D eigenvalue weighted by molar-refractivity contribution is 0.0723. The first kappa shape index (κ1) is 18.5. The maximum atomic E-state index is 13.1. The van der Waals surface area contributed by atoms with E-state index in [4.69, 9.17) is 16.3 Å². The largest absolute Gasteiger partial charge is 0.508 e. The quantitative estimate of drug-likeness (QED) is 0.616. The number of hydrogen-bond donors (Lipinski definition) is 2. The zero-order chi connectivity index (χ0) is 19.7. The third-order valence-corrected chi connectivity index (χ3v) is 5.17. The predicted molar refractivity (Wildman–Crippen MR) is 107 cm³/mol. The topological polar surface area (TPSA) is 78.5 Å². The number of aromatic nitrogens is 2. The van der Waals surface area contributed by atoms with Crippen LogP contribution in [0.5, 0.6) is 5.75 Å². The molecule has 0 saturated heterocycles. The van der Waals surface area contributed by atoms with Crippen molar-refractivity contribution in [2.24, 2.45) is 0 Å². The van der Waals surface area contributed by atoms with Crippen LogP contribution in [0.1, 0.15) is 34.1 Å². The molecule has 6 nitrogen and oxygen atoms in total. The van der Waals surface area contributed by atoms with Crippen LogP contribution >= 0.6 is 11.6 Å². The van der Waals surface area contributed by atoms with Crippen molar-refractivity contribution in [3.05, 3.63) is 70.4 Å². The van der Waals surface area contributed by atoms with E-state index in [1.54, 1.807) is 42.3 Å². The van der Waals surface area contributed by atoms with E-state index in [2.05, 4.69) is 10.2 Å². The summed E-state index contributed by atoms with van der Waals surface area (Å²) in [5.41, 5.74) is 3.72. The lowest BCUT2D eigenvalue weighted by Gasteiger charge is -2.26. The van der Waals surface area contributed by atoms with Gasteiger partial charge in [0.25, 0.3) is 5.91 Å².